The summed E-state index contributed by atoms with van der Waals surface area (Å²) in [5, 5.41) is -1.65. The molecule has 10 heteroatoms. The van der Waals surface area contributed by atoms with Crippen LogP contribution in [0.5, 0.6) is 0 Å². The number of carbonyl (C=O) groups is 1. The Morgan fingerprint density at radius 2 is 1.96 bits per heavy atom. The van der Waals surface area contributed by atoms with Gasteiger partial charge in [-0.05, 0) is 31.4 Å². The maximum atomic E-state index is 14.1. The molecule has 142 valence electrons. The molecule has 1 aromatic rings. The van der Waals surface area contributed by atoms with Crippen LogP contribution in [0.3, 0.4) is 0 Å². The second-order valence-corrected chi connectivity index (χ2v) is 9.66. The van der Waals surface area contributed by atoms with Crippen molar-refractivity contribution in [1.82, 2.24) is 9.88 Å². The molecule has 1 aromatic heterocycles. The SMILES string of the molecule is O=C(N1C[C@@H]2[C@@](C(F)(F)F)(CCS2(=O)=O)C1)C1(c2ncccc2F)CC1. The summed E-state index contributed by atoms with van der Waals surface area (Å²) >= 11 is 0. The predicted octanol–water partition coefficient (Wildman–Crippen LogP) is 1.83. The number of carbonyl (C=O) groups excluding carboxylic acids is 1. The molecule has 4 rings (SSSR count). The van der Waals surface area contributed by atoms with Crippen LogP contribution in [0.15, 0.2) is 18.3 Å². The minimum absolute atomic E-state index is 0.0778. The molecule has 3 fully saturated rings. The lowest BCUT2D eigenvalue weighted by atomic mass is 9.83. The van der Waals surface area contributed by atoms with Gasteiger partial charge < -0.3 is 4.90 Å². The third-order valence-electron chi connectivity index (χ3n) is 5.96. The number of amides is 1. The predicted molar refractivity (Wildman–Crippen MR) is 82.4 cm³/mol. The van der Waals surface area contributed by atoms with Gasteiger partial charge in [0.05, 0.1) is 22.1 Å². The molecule has 0 aromatic carbocycles. The van der Waals surface area contributed by atoms with Crippen LogP contribution in [0.4, 0.5) is 17.6 Å². The van der Waals surface area contributed by atoms with Crippen molar-refractivity contribution in [3.05, 3.63) is 29.8 Å². The highest BCUT2D eigenvalue weighted by Gasteiger charge is 2.71. The summed E-state index contributed by atoms with van der Waals surface area (Å²) in [6.07, 6.45) is -3.38. The van der Waals surface area contributed by atoms with Crippen LogP contribution in [-0.2, 0) is 20.0 Å². The lowest BCUT2D eigenvalue weighted by molar-refractivity contribution is -0.216. The normalized spacial score (nSPS) is 31.7. The highest BCUT2D eigenvalue weighted by Crippen LogP contribution is 2.57. The average Bonchev–Trinajstić information content (AvgIpc) is 3.17. The Kier molecular flexibility index (Phi) is 3.52. The Hall–Kier alpha value is -1.71. The Bertz CT molecular complexity index is 882. The number of halogens is 4. The van der Waals surface area contributed by atoms with Gasteiger partial charge in [0.2, 0.25) is 5.91 Å². The van der Waals surface area contributed by atoms with Crippen LogP contribution >= 0.6 is 0 Å². The van der Waals surface area contributed by atoms with Gasteiger partial charge in [0, 0.05) is 19.3 Å². The molecule has 3 heterocycles. The molecule has 1 saturated carbocycles. The molecule has 0 bridgehead atoms. The number of rotatable bonds is 2. The van der Waals surface area contributed by atoms with Gasteiger partial charge in [-0.25, -0.2) is 12.8 Å². The lowest BCUT2D eigenvalue weighted by Crippen LogP contribution is -2.46. The number of hydrogen-bond donors (Lipinski definition) is 0. The summed E-state index contributed by atoms with van der Waals surface area (Å²) in [6, 6.07) is 2.51. The number of hydrogen-bond acceptors (Lipinski definition) is 4. The van der Waals surface area contributed by atoms with E-state index in [1.165, 1.54) is 12.3 Å². The van der Waals surface area contributed by atoms with Gasteiger partial charge in [0.1, 0.15) is 11.2 Å². The number of sulfone groups is 1. The largest absolute Gasteiger partial charge is 0.397 e. The summed E-state index contributed by atoms with van der Waals surface area (Å²) in [6.45, 7) is -1.20. The van der Waals surface area contributed by atoms with Crippen molar-refractivity contribution in [1.29, 1.82) is 0 Å². The summed E-state index contributed by atoms with van der Waals surface area (Å²) in [7, 11) is -3.93. The van der Waals surface area contributed by atoms with Crippen molar-refractivity contribution in [2.24, 2.45) is 5.41 Å². The molecule has 0 N–H and O–H groups in total. The standard InChI is InChI=1S/C16H16F4N2O3S/c17-10-2-1-6-21-12(10)14(3-4-14)13(23)22-8-11-15(9-22,16(18,19)20)5-7-26(11,24)25/h1-2,6,11H,3-5,7-9H2/t11-,15-/m1/s1. The molecular weight excluding hydrogens is 376 g/mol. The van der Waals surface area contributed by atoms with Crippen LogP contribution in [0, 0.1) is 11.2 Å². The zero-order chi connectivity index (χ0) is 19.0. The van der Waals surface area contributed by atoms with Crippen molar-refractivity contribution in [3.63, 3.8) is 0 Å². The van der Waals surface area contributed by atoms with Gasteiger partial charge in [0.25, 0.3) is 0 Å². The smallest absolute Gasteiger partial charge is 0.340 e. The van der Waals surface area contributed by atoms with Crippen molar-refractivity contribution >= 4 is 15.7 Å². The minimum Gasteiger partial charge on any atom is -0.340 e. The van der Waals surface area contributed by atoms with E-state index in [9.17, 15) is 30.8 Å². The van der Waals surface area contributed by atoms with Crippen molar-refractivity contribution < 1.29 is 30.8 Å². The Labute approximate surface area is 147 Å². The number of aromatic nitrogens is 1. The van der Waals surface area contributed by atoms with Gasteiger partial charge in [-0.2, -0.15) is 13.2 Å². The molecular formula is C16H16F4N2O3S. The molecule has 2 saturated heterocycles. The maximum Gasteiger partial charge on any atom is 0.397 e. The Morgan fingerprint density at radius 3 is 2.50 bits per heavy atom. The summed E-state index contributed by atoms with van der Waals surface area (Å²) in [4.78, 5) is 17.8. The highest BCUT2D eigenvalue weighted by molar-refractivity contribution is 7.92. The number of pyridine rings is 1. The van der Waals surface area contributed by atoms with Crippen LogP contribution in [0.25, 0.3) is 0 Å². The Morgan fingerprint density at radius 1 is 1.27 bits per heavy atom. The van der Waals surface area contributed by atoms with E-state index in [4.69, 9.17) is 0 Å². The topological polar surface area (TPSA) is 67.3 Å². The molecule has 0 unspecified atom stereocenters. The van der Waals surface area contributed by atoms with E-state index >= 15 is 0 Å². The van der Waals surface area contributed by atoms with E-state index in [0.29, 0.717) is 0 Å². The molecule has 1 amide bonds. The van der Waals surface area contributed by atoms with Gasteiger partial charge in [-0.3, -0.25) is 9.78 Å². The molecule has 1 aliphatic carbocycles. The van der Waals surface area contributed by atoms with Crippen LogP contribution in [-0.4, -0.2) is 54.5 Å². The van der Waals surface area contributed by atoms with Crippen molar-refractivity contribution in [2.45, 2.75) is 36.1 Å². The van der Waals surface area contributed by atoms with E-state index in [0.717, 1.165) is 11.0 Å². The maximum absolute atomic E-state index is 14.1. The van der Waals surface area contributed by atoms with E-state index in [2.05, 4.69) is 4.98 Å². The van der Waals surface area contributed by atoms with Gasteiger partial charge in [-0.1, -0.05) is 0 Å². The average molecular weight is 392 g/mol. The first-order chi connectivity index (χ1) is 12.0. The second kappa shape index (κ2) is 5.17. The van der Waals surface area contributed by atoms with E-state index in [1.54, 1.807) is 0 Å². The molecule has 2 aliphatic heterocycles. The lowest BCUT2D eigenvalue weighted by Gasteiger charge is -2.30. The first-order valence-electron chi connectivity index (χ1n) is 8.22. The monoisotopic (exact) mass is 392 g/mol. The third-order valence-corrected chi connectivity index (χ3v) is 8.21. The quantitative estimate of drug-likeness (QED) is 0.721. The summed E-state index contributed by atoms with van der Waals surface area (Å²) in [5.41, 5.74) is -3.79. The van der Waals surface area contributed by atoms with Crippen LogP contribution in [0.1, 0.15) is 25.0 Å². The van der Waals surface area contributed by atoms with Crippen LogP contribution < -0.4 is 0 Å². The fourth-order valence-corrected chi connectivity index (χ4v) is 6.69. The summed E-state index contributed by atoms with van der Waals surface area (Å²) < 4.78 is 79.5. The second-order valence-electron chi connectivity index (χ2n) is 7.36. The molecule has 2 atom stereocenters. The highest BCUT2D eigenvalue weighted by atomic mass is 32.2. The molecule has 26 heavy (non-hydrogen) atoms. The minimum atomic E-state index is -4.73. The summed E-state index contributed by atoms with van der Waals surface area (Å²) in [5.74, 6) is -1.88. The number of alkyl halides is 3. The fraction of sp³-hybridized carbons (Fsp3) is 0.625. The number of nitrogens with zero attached hydrogens (tertiary/aromatic N) is 2. The third kappa shape index (κ3) is 2.23. The molecule has 0 radical (unpaired) electrons. The fourth-order valence-electron chi connectivity index (χ4n) is 4.33. The van der Waals surface area contributed by atoms with E-state index < -0.39 is 69.1 Å². The number of fused-ring (bicyclic) bond motifs is 1. The van der Waals surface area contributed by atoms with Crippen LogP contribution in [0.2, 0.25) is 0 Å². The zero-order valence-corrected chi connectivity index (χ0v) is 14.4. The number of likely N-dealkylation sites (tertiary alicyclic amines) is 1. The van der Waals surface area contributed by atoms with Gasteiger partial charge in [-0.15, -0.1) is 0 Å². The molecule has 5 nitrogen and oxygen atoms in total. The van der Waals surface area contributed by atoms with Crippen molar-refractivity contribution in [2.75, 3.05) is 18.8 Å². The van der Waals surface area contributed by atoms with E-state index in [1.807, 2.05) is 0 Å². The first kappa shape index (κ1) is 17.7. The van der Waals surface area contributed by atoms with E-state index in [-0.39, 0.29) is 18.5 Å². The first-order valence-corrected chi connectivity index (χ1v) is 9.94. The zero-order valence-electron chi connectivity index (χ0n) is 13.6. The van der Waals surface area contributed by atoms with Crippen molar-refractivity contribution in [3.8, 4) is 0 Å². The molecule has 3 aliphatic rings. The van der Waals surface area contributed by atoms with Gasteiger partial charge >= 0.3 is 6.18 Å². The van der Waals surface area contributed by atoms with Gasteiger partial charge in [0.15, 0.2) is 9.84 Å². The molecule has 0 spiro atoms. The Balaban J connectivity index is 1.69.